The van der Waals surface area contributed by atoms with Gasteiger partial charge in [0.1, 0.15) is 6.61 Å². The molecule has 0 bridgehead atoms. The number of likely N-dealkylation sites (tertiary alicyclic amines) is 1. The predicted molar refractivity (Wildman–Crippen MR) is 97.3 cm³/mol. The van der Waals surface area contributed by atoms with Crippen LogP contribution in [0, 0.1) is 0 Å². The van der Waals surface area contributed by atoms with Gasteiger partial charge in [0.15, 0.2) is 0 Å². The highest BCUT2D eigenvalue weighted by Crippen LogP contribution is 2.26. The van der Waals surface area contributed by atoms with E-state index in [1.165, 1.54) is 6.20 Å². The van der Waals surface area contributed by atoms with Crippen LogP contribution in [0.5, 0.6) is 0 Å². The number of hydrogen-bond donors (Lipinski definition) is 1. The van der Waals surface area contributed by atoms with E-state index in [-0.39, 0.29) is 17.7 Å². The van der Waals surface area contributed by atoms with Gasteiger partial charge in [-0.1, -0.05) is 5.21 Å². The molecule has 1 fully saturated rings. The molecule has 0 unspecified atom stereocenters. The monoisotopic (exact) mass is 419 g/mol. The highest BCUT2D eigenvalue weighted by Gasteiger charge is 2.25. The van der Waals surface area contributed by atoms with Crippen molar-refractivity contribution in [2.45, 2.75) is 31.7 Å². The number of rotatable bonds is 6. The van der Waals surface area contributed by atoms with E-state index in [4.69, 9.17) is 9.52 Å². The highest BCUT2D eigenvalue weighted by molar-refractivity contribution is 5.77. The standard InChI is InChI=1S/C18H19F2N7O3/c19-16(20)18-24-23-17(30-18)12-1-2-13(21-7-12)8-27-9-14(22-25-27)11-3-5-26(6-4-11)15(29)10-28/h1-2,7,9,11,16,28H,3-6,8,10H2. The Morgan fingerprint density at radius 1 is 1.23 bits per heavy atom. The van der Waals surface area contributed by atoms with Crippen LogP contribution in [0.1, 0.15) is 42.5 Å². The zero-order chi connectivity index (χ0) is 21.1. The van der Waals surface area contributed by atoms with Crippen LogP contribution in [0.2, 0.25) is 0 Å². The molecule has 0 atom stereocenters. The Morgan fingerprint density at radius 2 is 2.03 bits per heavy atom. The van der Waals surface area contributed by atoms with E-state index < -0.39 is 18.9 Å². The van der Waals surface area contributed by atoms with Gasteiger partial charge in [0, 0.05) is 31.4 Å². The molecule has 1 amide bonds. The van der Waals surface area contributed by atoms with Crippen molar-refractivity contribution in [2.75, 3.05) is 19.7 Å². The van der Waals surface area contributed by atoms with E-state index in [0.29, 0.717) is 30.9 Å². The van der Waals surface area contributed by atoms with Crippen molar-refractivity contribution >= 4 is 5.91 Å². The zero-order valence-electron chi connectivity index (χ0n) is 15.9. The number of aliphatic hydroxyl groups excluding tert-OH is 1. The molecule has 4 rings (SSSR count). The van der Waals surface area contributed by atoms with E-state index in [0.717, 1.165) is 18.5 Å². The van der Waals surface area contributed by atoms with Crippen molar-refractivity contribution in [3.05, 3.63) is 41.8 Å². The molecule has 0 aromatic carbocycles. The second-order valence-corrected chi connectivity index (χ2v) is 6.94. The third-order valence-electron chi connectivity index (χ3n) is 4.98. The van der Waals surface area contributed by atoms with E-state index in [2.05, 4.69) is 25.5 Å². The largest absolute Gasteiger partial charge is 0.415 e. The summed E-state index contributed by atoms with van der Waals surface area (Å²) in [6.45, 7) is 1.10. The van der Waals surface area contributed by atoms with Crippen LogP contribution in [0.3, 0.4) is 0 Å². The van der Waals surface area contributed by atoms with Gasteiger partial charge in [0.2, 0.25) is 11.8 Å². The number of aromatic nitrogens is 6. The molecule has 0 radical (unpaired) electrons. The van der Waals surface area contributed by atoms with Gasteiger partial charge in [0.25, 0.3) is 5.89 Å². The summed E-state index contributed by atoms with van der Waals surface area (Å²) in [5.41, 5.74) is 2.00. The van der Waals surface area contributed by atoms with E-state index in [1.807, 2.05) is 6.20 Å². The number of carbonyl (C=O) groups excluding carboxylic acids is 1. The van der Waals surface area contributed by atoms with Crippen LogP contribution in [0.25, 0.3) is 11.5 Å². The number of amides is 1. The van der Waals surface area contributed by atoms with Gasteiger partial charge in [-0.2, -0.15) is 8.78 Å². The van der Waals surface area contributed by atoms with Crippen LogP contribution in [-0.4, -0.2) is 65.8 Å². The first-order valence-corrected chi connectivity index (χ1v) is 9.39. The van der Waals surface area contributed by atoms with E-state index in [1.54, 1.807) is 21.7 Å². The van der Waals surface area contributed by atoms with Gasteiger partial charge in [-0.05, 0) is 25.0 Å². The molecule has 3 aromatic heterocycles. The average Bonchev–Trinajstić information content (AvgIpc) is 3.44. The summed E-state index contributed by atoms with van der Waals surface area (Å²) in [5.74, 6) is -0.787. The molecule has 1 N–H and O–H groups in total. The van der Waals surface area contributed by atoms with Gasteiger partial charge in [0.05, 0.1) is 23.5 Å². The Morgan fingerprint density at radius 3 is 2.67 bits per heavy atom. The summed E-state index contributed by atoms with van der Waals surface area (Å²) < 4.78 is 31.7. The molecule has 158 valence electrons. The maximum atomic E-state index is 12.6. The Balaban J connectivity index is 1.36. The van der Waals surface area contributed by atoms with Crippen molar-refractivity contribution in [1.82, 2.24) is 35.1 Å². The minimum atomic E-state index is -2.82. The number of halogens is 2. The lowest BCUT2D eigenvalue weighted by atomic mass is 9.94. The van der Waals surface area contributed by atoms with Crippen molar-refractivity contribution in [1.29, 1.82) is 0 Å². The Kier molecular flexibility index (Phi) is 5.74. The van der Waals surface area contributed by atoms with E-state index in [9.17, 15) is 13.6 Å². The molecule has 0 spiro atoms. The Bertz CT molecular complexity index is 997. The fraction of sp³-hybridized carbons (Fsp3) is 0.444. The van der Waals surface area contributed by atoms with Crippen molar-refractivity contribution in [2.24, 2.45) is 0 Å². The number of pyridine rings is 1. The minimum Gasteiger partial charge on any atom is -0.415 e. The third kappa shape index (κ3) is 4.32. The zero-order valence-corrected chi connectivity index (χ0v) is 15.9. The number of piperidine rings is 1. The van der Waals surface area contributed by atoms with Gasteiger partial charge in [-0.15, -0.1) is 15.3 Å². The average molecular weight is 419 g/mol. The lowest BCUT2D eigenvalue weighted by molar-refractivity contribution is -0.135. The fourth-order valence-electron chi connectivity index (χ4n) is 3.35. The summed E-state index contributed by atoms with van der Waals surface area (Å²) in [4.78, 5) is 17.5. The smallest absolute Gasteiger partial charge is 0.314 e. The van der Waals surface area contributed by atoms with Crippen molar-refractivity contribution in [3.8, 4) is 11.5 Å². The molecule has 4 heterocycles. The Hall–Kier alpha value is -3.28. The fourth-order valence-corrected chi connectivity index (χ4v) is 3.35. The van der Waals surface area contributed by atoms with Crippen molar-refractivity contribution in [3.63, 3.8) is 0 Å². The van der Waals surface area contributed by atoms with Crippen LogP contribution in [-0.2, 0) is 11.3 Å². The summed E-state index contributed by atoms with van der Waals surface area (Å²) in [7, 11) is 0. The first-order chi connectivity index (χ1) is 14.5. The molecule has 12 heteroatoms. The minimum absolute atomic E-state index is 0.0154. The first-order valence-electron chi connectivity index (χ1n) is 9.39. The van der Waals surface area contributed by atoms with Crippen LogP contribution in [0.15, 0.2) is 28.9 Å². The number of nitrogens with zero attached hydrogens (tertiary/aromatic N) is 7. The molecule has 1 saturated heterocycles. The predicted octanol–water partition coefficient (Wildman–Crippen LogP) is 1.41. The van der Waals surface area contributed by atoms with Gasteiger partial charge >= 0.3 is 6.43 Å². The SMILES string of the molecule is O=C(CO)N1CCC(c2cn(Cc3ccc(-c4nnc(C(F)F)o4)cn3)nn2)CC1. The molecule has 0 saturated carbocycles. The van der Waals surface area contributed by atoms with Gasteiger partial charge in [-0.3, -0.25) is 9.78 Å². The third-order valence-corrected chi connectivity index (χ3v) is 4.98. The molecule has 0 aliphatic carbocycles. The summed E-state index contributed by atoms with van der Waals surface area (Å²) in [5, 5.41) is 24.2. The Labute approximate surface area is 169 Å². The maximum Gasteiger partial charge on any atom is 0.314 e. The molecular weight excluding hydrogens is 400 g/mol. The molecule has 30 heavy (non-hydrogen) atoms. The van der Waals surface area contributed by atoms with Gasteiger partial charge < -0.3 is 14.4 Å². The molecule has 10 nitrogen and oxygen atoms in total. The van der Waals surface area contributed by atoms with Crippen LogP contribution < -0.4 is 0 Å². The number of carbonyl (C=O) groups is 1. The summed E-state index contributed by atoms with van der Waals surface area (Å²) in [6, 6.07) is 3.39. The highest BCUT2D eigenvalue weighted by atomic mass is 19.3. The second kappa shape index (κ2) is 8.61. The molecule has 1 aliphatic heterocycles. The first kappa shape index (κ1) is 20.0. The van der Waals surface area contributed by atoms with Gasteiger partial charge in [-0.25, -0.2) is 4.68 Å². The molecule has 3 aromatic rings. The number of hydrogen-bond acceptors (Lipinski definition) is 8. The number of alkyl halides is 2. The summed E-state index contributed by atoms with van der Waals surface area (Å²) >= 11 is 0. The van der Waals surface area contributed by atoms with Crippen LogP contribution in [0.4, 0.5) is 8.78 Å². The molecule has 1 aliphatic rings. The topological polar surface area (TPSA) is 123 Å². The normalized spacial score (nSPS) is 15.1. The lowest BCUT2D eigenvalue weighted by Crippen LogP contribution is -2.39. The van der Waals surface area contributed by atoms with Crippen molar-refractivity contribution < 1.29 is 23.1 Å². The summed E-state index contributed by atoms with van der Waals surface area (Å²) in [6.07, 6.45) is 2.05. The van der Waals surface area contributed by atoms with Crippen LogP contribution >= 0.6 is 0 Å². The number of aliphatic hydroxyl groups is 1. The second-order valence-electron chi connectivity index (χ2n) is 6.94. The van der Waals surface area contributed by atoms with E-state index >= 15 is 0 Å². The molecular formula is C18H19F2N7O3. The maximum absolute atomic E-state index is 12.6. The lowest BCUT2D eigenvalue weighted by Gasteiger charge is -2.30. The quantitative estimate of drug-likeness (QED) is 0.636.